The van der Waals surface area contributed by atoms with Crippen molar-refractivity contribution >= 4 is 29.0 Å². The van der Waals surface area contributed by atoms with Crippen LogP contribution >= 0.6 is 11.6 Å². The first kappa shape index (κ1) is 17.0. The highest BCUT2D eigenvalue weighted by atomic mass is 35.5. The van der Waals surface area contributed by atoms with Crippen LogP contribution in [0.4, 0.5) is 10.1 Å². The molecule has 2 aromatic carbocycles. The van der Waals surface area contributed by atoms with Gasteiger partial charge in [0.2, 0.25) is 5.91 Å². The molecule has 4 nitrogen and oxygen atoms in total. The molecule has 0 aliphatic heterocycles. The van der Waals surface area contributed by atoms with Crippen molar-refractivity contribution in [2.75, 3.05) is 12.4 Å². The number of Topliss-reactive ketones (excluding diaryl/α,β-unsaturated/α-hetero) is 1. The van der Waals surface area contributed by atoms with Gasteiger partial charge in [-0.15, -0.1) is 0 Å². The van der Waals surface area contributed by atoms with Crippen molar-refractivity contribution < 1.29 is 18.7 Å². The molecule has 0 bridgehead atoms. The number of halogens is 2. The standard InChI is InChI=1S/C17H15ClFNO3/c1-10(21)11-3-6-16(23-2)12(7-11)8-17(22)20-15-5-4-13(18)9-14(15)19/h3-7,9H,8H2,1-2H3,(H,20,22). The second kappa shape index (κ2) is 7.24. The maximum atomic E-state index is 13.7. The van der Waals surface area contributed by atoms with Crippen LogP contribution in [-0.4, -0.2) is 18.8 Å². The summed E-state index contributed by atoms with van der Waals surface area (Å²) < 4.78 is 18.9. The third-order valence-corrected chi connectivity index (χ3v) is 3.48. The number of rotatable bonds is 5. The van der Waals surface area contributed by atoms with Crippen LogP contribution in [0.3, 0.4) is 0 Å². The van der Waals surface area contributed by atoms with E-state index in [9.17, 15) is 14.0 Å². The minimum Gasteiger partial charge on any atom is -0.496 e. The fourth-order valence-electron chi connectivity index (χ4n) is 2.09. The lowest BCUT2D eigenvalue weighted by Gasteiger charge is -2.11. The number of ether oxygens (including phenoxy) is 1. The molecule has 0 unspecified atom stereocenters. The minimum absolute atomic E-state index is 0.0427. The number of methoxy groups -OCH3 is 1. The first-order valence-electron chi connectivity index (χ1n) is 6.83. The quantitative estimate of drug-likeness (QED) is 0.844. The highest BCUT2D eigenvalue weighted by Crippen LogP contribution is 2.23. The van der Waals surface area contributed by atoms with Gasteiger partial charge in [0.25, 0.3) is 0 Å². The number of ketones is 1. The van der Waals surface area contributed by atoms with Crippen LogP contribution in [0.1, 0.15) is 22.8 Å². The normalized spacial score (nSPS) is 10.3. The molecule has 6 heteroatoms. The molecule has 0 fully saturated rings. The van der Waals surface area contributed by atoms with Crippen LogP contribution < -0.4 is 10.1 Å². The molecule has 0 radical (unpaired) electrons. The molecule has 0 atom stereocenters. The number of nitrogens with one attached hydrogen (secondary N) is 1. The first-order chi connectivity index (χ1) is 10.9. The van der Waals surface area contributed by atoms with Crippen LogP contribution in [0.5, 0.6) is 5.75 Å². The fourth-order valence-corrected chi connectivity index (χ4v) is 2.25. The lowest BCUT2D eigenvalue weighted by atomic mass is 10.0. The summed E-state index contributed by atoms with van der Waals surface area (Å²) in [4.78, 5) is 23.6. The zero-order chi connectivity index (χ0) is 17.0. The lowest BCUT2D eigenvalue weighted by molar-refractivity contribution is -0.115. The molecule has 2 rings (SSSR count). The van der Waals surface area contributed by atoms with Crippen LogP contribution in [0, 0.1) is 5.82 Å². The van der Waals surface area contributed by atoms with E-state index in [2.05, 4.69) is 5.32 Å². The number of anilines is 1. The maximum Gasteiger partial charge on any atom is 0.229 e. The monoisotopic (exact) mass is 335 g/mol. The molecule has 0 aliphatic rings. The molecule has 120 valence electrons. The van der Waals surface area contributed by atoms with Crippen molar-refractivity contribution in [3.8, 4) is 5.75 Å². The Labute approximate surface area is 138 Å². The van der Waals surface area contributed by atoms with Crippen molar-refractivity contribution in [3.63, 3.8) is 0 Å². The number of carbonyl (C=O) groups is 2. The van der Waals surface area contributed by atoms with Crippen molar-refractivity contribution in [2.45, 2.75) is 13.3 Å². The number of hydrogen-bond acceptors (Lipinski definition) is 3. The summed E-state index contributed by atoms with van der Waals surface area (Å²) in [5, 5.41) is 2.72. The van der Waals surface area contributed by atoms with Crippen LogP contribution in [0.25, 0.3) is 0 Å². The van der Waals surface area contributed by atoms with Crippen molar-refractivity contribution in [1.82, 2.24) is 0 Å². The van der Waals surface area contributed by atoms with Crippen molar-refractivity contribution in [3.05, 3.63) is 58.4 Å². The van der Waals surface area contributed by atoms with E-state index in [-0.39, 0.29) is 22.9 Å². The fraction of sp³-hybridized carbons (Fsp3) is 0.176. The summed E-state index contributed by atoms with van der Waals surface area (Å²) in [6, 6.07) is 8.84. The number of amides is 1. The Morgan fingerprint density at radius 3 is 2.57 bits per heavy atom. The SMILES string of the molecule is COc1ccc(C(C)=O)cc1CC(=O)Nc1ccc(Cl)cc1F. The predicted molar refractivity (Wildman–Crippen MR) is 86.7 cm³/mol. The molecule has 0 saturated heterocycles. The topological polar surface area (TPSA) is 55.4 Å². The Morgan fingerprint density at radius 2 is 1.96 bits per heavy atom. The highest BCUT2D eigenvalue weighted by molar-refractivity contribution is 6.30. The summed E-state index contributed by atoms with van der Waals surface area (Å²) in [5.41, 5.74) is 1.07. The van der Waals surface area contributed by atoms with E-state index in [0.717, 1.165) is 6.07 Å². The molecule has 1 N–H and O–H groups in total. The third-order valence-electron chi connectivity index (χ3n) is 3.24. The Balaban J connectivity index is 2.19. The van der Waals surface area contributed by atoms with Gasteiger partial charge in [-0.2, -0.15) is 0 Å². The Kier molecular flexibility index (Phi) is 5.34. The summed E-state index contributed by atoms with van der Waals surface area (Å²) in [6.07, 6.45) is -0.0492. The summed E-state index contributed by atoms with van der Waals surface area (Å²) in [6.45, 7) is 1.44. The van der Waals surface area contributed by atoms with E-state index >= 15 is 0 Å². The largest absolute Gasteiger partial charge is 0.496 e. The van der Waals surface area contributed by atoms with E-state index in [1.807, 2.05) is 0 Å². The van der Waals surface area contributed by atoms with Crippen molar-refractivity contribution in [2.24, 2.45) is 0 Å². The maximum absolute atomic E-state index is 13.7. The third kappa shape index (κ3) is 4.29. The van der Waals surface area contributed by atoms with E-state index in [1.54, 1.807) is 18.2 Å². The van der Waals surface area contributed by atoms with Gasteiger partial charge in [0.1, 0.15) is 11.6 Å². The van der Waals surface area contributed by atoms with Gasteiger partial charge < -0.3 is 10.1 Å². The zero-order valence-corrected chi connectivity index (χ0v) is 13.4. The summed E-state index contributed by atoms with van der Waals surface area (Å²) >= 11 is 5.67. The number of carbonyl (C=O) groups excluding carboxylic acids is 2. The molecule has 23 heavy (non-hydrogen) atoms. The average Bonchev–Trinajstić information content (AvgIpc) is 2.50. The van der Waals surface area contributed by atoms with E-state index < -0.39 is 11.7 Å². The molecule has 0 saturated carbocycles. The predicted octanol–water partition coefficient (Wildman–Crippen LogP) is 3.87. The molecule has 2 aromatic rings. The smallest absolute Gasteiger partial charge is 0.229 e. The number of hydrogen-bond donors (Lipinski definition) is 1. The second-order valence-corrected chi connectivity index (χ2v) is 5.37. The van der Waals surface area contributed by atoms with Gasteiger partial charge in [-0.05, 0) is 43.3 Å². The molecular formula is C17H15ClFNO3. The van der Waals surface area contributed by atoms with Gasteiger partial charge in [-0.1, -0.05) is 11.6 Å². The van der Waals surface area contributed by atoms with Gasteiger partial charge in [0.05, 0.1) is 19.2 Å². The van der Waals surface area contributed by atoms with E-state index in [1.165, 1.54) is 26.2 Å². The first-order valence-corrected chi connectivity index (χ1v) is 7.21. The molecular weight excluding hydrogens is 321 g/mol. The van der Waals surface area contributed by atoms with Crippen LogP contribution in [0.2, 0.25) is 5.02 Å². The van der Waals surface area contributed by atoms with Gasteiger partial charge >= 0.3 is 0 Å². The zero-order valence-electron chi connectivity index (χ0n) is 12.7. The lowest BCUT2D eigenvalue weighted by Crippen LogP contribution is -2.16. The van der Waals surface area contributed by atoms with E-state index in [4.69, 9.17) is 16.3 Å². The molecule has 0 aromatic heterocycles. The molecule has 0 heterocycles. The van der Waals surface area contributed by atoms with Gasteiger partial charge in [-0.3, -0.25) is 9.59 Å². The summed E-state index contributed by atoms with van der Waals surface area (Å²) in [7, 11) is 1.48. The van der Waals surface area contributed by atoms with Crippen molar-refractivity contribution in [1.29, 1.82) is 0 Å². The van der Waals surface area contributed by atoms with Crippen LogP contribution in [-0.2, 0) is 11.2 Å². The minimum atomic E-state index is -0.615. The highest BCUT2D eigenvalue weighted by Gasteiger charge is 2.13. The van der Waals surface area contributed by atoms with Gasteiger partial charge in [0.15, 0.2) is 5.78 Å². The Hall–Kier alpha value is -2.40. The number of benzene rings is 2. The molecule has 0 aliphatic carbocycles. The Bertz CT molecular complexity index is 761. The van der Waals surface area contributed by atoms with E-state index in [0.29, 0.717) is 16.9 Å². The molecule has 0 spiro atoms. The van der Waals surface area contributed by atoms with Gasteiger partial charge in [0, 0.05) is 16.1 Å². The van der Waals surface area contributed by atoms with Crippen LogP contribution in [0.15, 0.2) is 36.4 Å². The van der Waals surface area contributed by atoms with Gasteiger partial charge in [-0.25, -0.2) is 4.39 Å². The summed E-state index contributed by atoms with van der Waals surface area (Å²) in [5.74, 6) is -0.666. The Morgan fingerprint density at radius 1 is 1.22 bits per heavy atom. The molecule has 1 amide bonds. The average molecular weight is 336 g/mol. The second-order valence-electron chi connectivity index (χ2n) is 4.93.